The van der Waals surface area contributed by atoms with Gasteiger partial charge in [0.2, 0.25) is 5.89 Å². The van der Waals surface area contributed by atoms with Crippen molar-refractivity contribution in [2.24, 2.45) is 0 Å². The molecule has 2 aromatic rings. The molecule has 1 N–H and O–H groups in total. The molecule has 108 valence electrons. The van der Waals surface area contributed by atoms with Crippen LogP contribution in [0.15, 0.2) is 39.4 Å². The number of nitrogens with zero attached hydrogens (tertiary/aromatic N) is 2. The van der Waals surface area contributed by atoms with Crippen molar-refractivity contribution in [3.8, 4) is 11.3 Å². The minimum absolute atomic E-state index is 0.557. The van der Waals surface area contributed by atoms with E-state index in [0.29, 0.717) is 19.0 Å². The van der Waals surface area contributed by atoms with Gasteiger partial charge in [-0.25, -0.2) is 4.98 Å². The zero-order chi connectivity index (χ0) is 14.8. The number of aliphatic hydroxyl groups is 1. The van der Waals surface area contributed by atoms with Gasteiger partial charge in [0, 0.05) is 16.6 Å². The molecule has 1 aromatic heterocycles. The van der Waals surface area contributed by atoms with Crippen molar-refractivity contribution in [3.05, 3.63) is 40.8 Å². The number of halogens is 1. The Hall–Kier alpha value is -1.17. The molecule has 0 spiro atoms. The lowest BCUT2D eigenvalue weighted by atomic mass is 10.1. The lowest BCUT2D eigenvalue weighted by Crippen LogP contribution is -2.35. The van der Waals surface area contributed by atoms with Gasteiger partial charge in [-0.15, -0.1) is 0 Å². The Bertz CT molecular complexity index is 575. The van der Waals surface area contributed by atoms with Crippen molar-refractivity contribution in [3.63, 3.8) is 0 Å². The lowest BCUT2D eigenvalue weighted by Gasteiger charge is -2.24. The summed E-state index contributed by atoms with van der Waals surface area (Å²) in [5.41, 5.74) is 0.261. The second kappa shape index (κ2) is 6.08. The molecule has 2 rings (SSSR count). The Balaban J connectivity index is 2.06. The van der Waals surface area contributed by atoms with Gasteiger partial charge in [0.1, 0.15) is 0 Å². The molecule has 0 fully saturated rings. The van der Waals surface area contributed by atoms with Crippen molar-refractivity contribution in [1.29, 1.82) is 0 Å². The average Bonchev–Trinajstić information content (AvgIpc) is 2.74. The molecule has 0 bridgehead atoms. The maximum Gasteiger partial charge on any atom is 0.209 e. The normalized spacial score (nSPS) is 12.1. The molecule has 0 saturated carbocycles. The van der Waals surface area contributed by atoms with Gasteiger partial charge in [-0.1, -0.05) is 28.1 Å². The smallest absolute Gasteiger partial charge is 0.209 e. The van der Waals surface area contributed by atoms with Crippen LogP contribution in [0.3, 0.4) is 0 Å². The van der Waals surface area contributed by atoms with Crippen LogP contribution in [0, 0.1) is 0 Å². The Morgan fingerprint density at radius 3 is 2.80 bits per heavy atom. The third-order valence-electron chi connectivity index (χ3n) is 2.72. The van der Waals surface area contributed by atoms with E-state index in [9.17, 15) is 5.11 Å². The zero-order valence-corrected chi connectivity index (χ0v) is 13.5. The number of aromatic nitrogens is 1. The first-order valence-electron chi connectivity index (χ1n) is 6.45. The van der Waals surface area contributed by atoms with Crippen LogP contribution in [0.5, 0.6) is 0 Å². The van der Waals surface area contributed by atoms with E-state index < -0.39 is 5.60 Å². The van der Waals surface area contributed by atoms with E-state index in [1.165, 1.54) is 0 Å². The molecular weight excluding hydrogens is 320 g/mol. The number of oxazole rings is 1. The van der Waals surface area contributed by atoms with Crippen molar-refractivity contribution < 1.29 is 9.52 Å². The van der Waals surface area contributed by atoms with Gasteiger partial charge in [-0.2, -0.15) is 0 Å². The number of rotatable bonds is 5. The lowest BCUT2D eigenvalue weighted by molar-refractivity contribution is 0.0403. The molecule has 0 atom stereocenters. The van der Waals surface area contributed by atoms with E-state index in [-0.39, 0.29) is 0 Å². The summed E-state index contributed by atoms with van der Waals surface area (Å²) in [6.45, 7) is 4.69. The predicted molar refractivity (Wildman–Crippen MR) is 82.3 cm³/mol. The highest BCUT2D eigenvalue weighted by atomic mass is 79.9. The fourth-order valence-electron chi connectivity index (χ4n) is 2.11. The summed E-state index contributed by atoms with van der Waals surface area (Å²) < 4.78 is 6.76. The summed E-state index contributed by atoms with van der Waals surface area (Å²) in [5.74, 6) is 1.39. The van der Waals surface area contributed by atoms with Gasteiger partial charge >= 0.3 is 0 Å². The second-order valence-corrected chi connectivity index (χ2v) is 6.53. The number of benzene rings is 1. The summed E-state index contributed by atoms with van der Waals surface area (Å²) >= 11 is 3.44. The second-order valence-electron chi connectivity index (χ2n) is 5.61. The molecular formula is C15H19BrN2O2. The first-order chi connectivity index (χ1) is 9.33. The van der Waals surface area contributed by atoms with E-state index >= 15 is 0 Å². The Kier molecular flexibility index (Phi) is 4.62. The van der Waals surface area contributed by atoms with Crippen molar-refractivity contribution >= 4 is 15.9 Å². The highest BCUT2D eigenvalue weighted by molar-refractivity contribution is 9.10. The Morgan fingerprint density at radius 2 is 2.15 bits per heavy atom. The first-order valence-corrected chi connectivity index (χ1v) is 7.24. The maximum atomic E-state index is 9.78. The van der Waals surface area contributed by atoms with Crippen molar-refractivity contribution in [2.45, 2.75) is 26.0 Å². The highest BCUT2D eigenvalue weighted by Gasteiger charge is 2.17. The quantitative estimate of drug-likeness (QED) is 0.908. The monoisotopic (exact) mass is 338 g/mol. The summed E-state index contributed by atoms with van der Waals surface area (Å²) in [6.07, 6.45) is 1.73. The Labute approximate surface area is 127 Å². The standard InChI is InChI=1S/C15H19BrN2O2/c1-15(2,19)10-18(3)9-14-17-8-13(20-14)11-5-4-6-12(16)7-11/h4-8,19H,9-10H2,1-3H3. The van der Waals surface area contributed by atoms with Crippen LogP contribution in [-0.2, 0) is 6.54 Å². The van der Waals surface area contributed by atoms with Crippen LogP contribution in [0.4, 0.5) is 0 Å². The number of hydrogen-bond donors (Lipinski definition) is 1. The van der Waals surface area contributed by atoms with Crippen molar-refractivity contribution in [2.75, 3.05) is 13.6 Å². The molecule has 1 aromatic carbocycles. The van der Waals surface area contributed by atoms with Crippen LogP contribution in [0.25, 0.3) is 11.3 Å². The van der Waals surface area contributed by atoms with Gasteiger partial charge in [-0.05, 0) is 33.0 Å². The van der Waals surface area contributed by atoms with E-state index in [4.69, 9.17) is 4.42 Å². The summed E-state index contributed by atoms with van der Waals surface area (Å²) in [5, 5.41) is 9.78. The molecule has 0 radical (unpaired) electrons. The van der Waals surface area contributed by atoms with Gasteiger partial charge in [0.25, 0.3) is 0 Å². The van der Waals surface area contributed by atoms with E-state index in [1.807, 2.05) is 36.2 Å². The number of likely N-dealkylation sites (N-methyl/N-ethyl adjacent to an activating group) is 1. The fourth-order valence-corrected chi connectivity index (χ4v) is 2.51. The minimum Gasteiger partial charge on any atom is -0.439 e. The third kappa shape index (κ3) is 4.44. The van der Waals surface area contributed by atoms with Crippen LogP contribution < -0.4 is 0 Å². The third-order valence-corrected chi connectivity index (χ3v) is 3.22. The molecule has 0 unspecified atom stereocenters. The topological polar surface area (TPSA) is 49.5 Å². The average molecular weight is 339 g/mol. The summed E-state index contributed by atoms with van der Waals surface area (Å²) in [7, 11) is 1.93. The molecule has 0 saturated heterocycles. The SMILES string of the molecule is CN(Cc1ncc(-c2cccc(Br)c2)o1)CC(C)(C)O. The van der Waals surface area contributed by atoms with Crippen molar-refractivity contribution in [1.82, 2.24) is 9.88 Å². The molecule has 0 aliphatic rings. The van der Waals surface area contributed by atoms with Crippen LogP contribution in [0.2, 0.25) is 0 Å². The van der Waals surface area contributed by atoms with E-state index in [2.05, 4.69) is 20.9 Å². The predicted octanol–water partition coefficient (Wildman–Crippen LogP) is 3.31. The van der Waals surface area contributed by atoms with Gasteiger partial charge in [0.05, 0.1) is 18.3 Å². The summed E-state index contributed by atoms with van der Waals surface area (Å²) in [4.78, 5) is 6.27. The molecule has 0 aliphatic carbocycles. The van der Waals surface area contributed by atoms with E-state index in [1.54, 1.807) is 20.0 Å². The largest absolute Gasteiger partial charge is 0.439 e. The van der Waals surface area contributed by atoms with Crippen LogP contribution in [0.1, 0.15) is 19.7 Å². The fraction of sp³-hybridized carbons (Fsp3) is 0.400. The van der Waals surface area contributed by atoms with Crippen LogP contribution >= 0.6 is 15.9 Å². The zero-order valence-electron chi connectivity index (χ0n) is 11.9. The highest BCUT2D eigenvalue weighted by Crippen LogP contribution is 2.24. The number of hydrogen-bond acceptors (Lipinski definition) is 4. The maximum absolute atomic E-state index is 9.78. The molecule has 0 aliphatic heterocycles. The molecule has 0 amide bonds. The van der Waals surface area contributed by atoms with E-state index in [0.717, 1.165) is 15.8 Å². The Morgan fingerprint density at radius 1 is 1.40 bits per heavy atom. The molecule has 5 heteroatoms. The van der Waals surface area contributed by atoms with Gasteiger partial charge in [0.15, 0.2) is 5.76 Å². The van der Waals surface area contributed by atoms with Gasteiger partial charge in [-0.3, -0.25) is 4.90 Å². The minimum atomic E-state index is -0.728. The molecule has 1 heterocycles. The molecule has 20 heavy (non-hydrogen) atoms. The first kappa shape index (κ1) is 15.2. The van der Waals surface area contributed by atoms with Gasteiger partial charge < -0.3 is 9.52 Å². The molecule has 4 nitrogen and oxygen atoms in total. The van der Waals surface area contributed by atoms with Crippen LogP contribution in [-0.4, -0.2) is 34.2 Å². The summed E-state index contributed by atoms with van der Waals surface area (Å²) in [6, 6.07) is 7.90.